The third-order valence-electron chi connectivity index (χ3n) is 1.93. The summed E-state index contributed by atoms with van der Waals surface area (Å²) >= 11 is 0. The minimum atomic E-state index is -10.7. The number of halogens is 6. The summed E-state index contributed by atoms with van der Waals surface area (Å²) in [5, 5.41) is 0. The summed E-state index contributed by atoms with van der Waals surface area (Å²) < 4.78 is 71.5. The van der Waals surface area contributed by atoms with Crippen molar-refractivity contribution in [3.63, 3.8) is 0 Å². The molecule has 0 amide bonds. The first-order valence-corrected chi connectivity index (χ1v) is 9.18. The molecule has 0 spiro atoms. The van der Waals surface area contributed by atoms with Crippen molar-refractivity contribution in [1.29, 1.82) is 0 Å². The molecule has 0 aromatic carbocycles. The van der Waals surface area contributed by atoms with Gasteiger partial charge < -0.3 is 0 Å². The Bertz CT molecular complexity index is 310. The van der Waals surface area contributed by atoms with Crippen LogP contribution in [0.15, 0.2) is 12.7 Å². The van der Waals surface area contributed by atoms with Gasteiger partial charge in [0, 0.05) is 42.3 Å². The van der Waals surface area contributed by atoms with E-state index in [4.69, 9.17) is 4.52 Å². The molecule has 0 fully saturated rings. The third-order valence-corrected chi connectivity index (χ3v) is 5.55. The molecule has 0 aliphatic heterocycles. The zero-order chi connectivity index (χ0) is 17.8. The van der Waals surface area contributed by atoms with Crippen LogP contribution in [0.4, 0.5) is 25.2 Å². The molecule has 0 atom stereocenters. The summed E-state index contributed by atoms with van der Waals surface area (Å²) in [6, 6.07) is 0. The summed E-state index contributed by atoms with van der Waals surface area (Å²) in [7, 11) is -0.226. The van der Waals surface area contributed by atoms with E-state index in [1.807, 2.05) is 42.3 Å². The van der Waals surface area contributed by atoms with E-state index in [9.17, 15) is 25.2 Å². The molecule has 0 saturated heterocycles. The van der Waals surface area contributed by atoms with Crippen LogP contribution >= 0.6 is 15.8 Å². The third kappa shape index (κ3) is 12.3. The maximum absolute atomic E-state index is 10.7. The van der Waals surface area contributed by atoms with Crippen LogP contribution in [0.1, 0.15) is 0 Å². The minimum absolute atomic E-state index is 0.572. The van der Waals surface area contributed by atoms with E-state index in [-0.39, 0.29) is 0 Å². The van der Waals surface area contributed by atoms with E-state index >= 15 is 0 Å². The Kier molecular flexibility index (Phi) is 7.37. The molecule has 0 radical (unpaired) electrons. The molecule has 0 heterocycles. The van der Waals surface area contributed by atoms with Crippen LogP contribution in [0, 0.1) is 0 Å². The van der Waals surface area contributed by atoms with Gasteiger partial charge in [-0.3, -0.25) is 0 Å². The monoisotopic (exact) mass is 365 g/mol. The van der Waals surface area contributed by atoms with Gasteiger partial charge in [-0.2, -0.15) is 4.52 Å². The first kappa shape index (κ1) is 23.3. The summed E-state index contributed by atoms with van der Waals surface area (Å²) in [6.07, 6.45) is 1.78. The van der Waals surface area contributed by atoms with E-state index in [1.165, 1.54) is 0 Å². The number of nitrogens with zero attached hydrogens (tertiary/aromatic N) is 3. The predicted molar refractivity (Wildman–Crippen MR) is 77.7 cm³/mol. The van der Waals surface area contributed by atoms with Crippen molar-refractivity contribution < 1.29 is 29.7 Å². The van der Waals surface area contributed by atoms with Gasteiger partial charge in [0.2, 0.25) is 0 Å². The van der Waals surface area contributed by atoms with E-state index in [0.29, 0.717) is 6.61 Å². The molecule has 4 nitrogen and oxygen atoms in total. The molecule has 12 heteroatoms. The van der Waals surface area contributed by atoms with Crippen LogP contribution in [0.2, 0.25) is 0 Å². The Morgan fingerprint density at radius 1 is 0.857 bits per heavy atom. The Labute approximate surface area is 122 Å². The van der Waals surface area contributed by atoms with Gasteiger partial charge in [-0.05, 0) is 0 Å². The first-order valence-electron chi connectivity index (χ1n) is 5.59. The van der Waals surface area contributed by atoms with E-state index in [1.54, 1.807) is 6.08 Å². The topological polar surface area (TPSA) is 19.0 Å². The molecule has 0 bridgehead atoms. The zero-order valence-electron chi connectivity index (χ0n) is 12.9. The van der Waals surface area contributed by atoms with Crippen LogP contribution in [-0.4, -0.2) is 62.9 Å². The normalized spacial score (nSPS) is 16.3. The zero-order valence-corrected chi connectivity index (χ0v) is 14.7. The Balaban J connectivity index is 0. The van der Waals surface area contributed by atoms with Crippen LogP contribution in [0.5, 0.6) is 0 Å². The summed E-state index contributed by atoms with van der Waals surface area (Å²) in [5.74, 6) is 0. The second-order valence-electron chi connectivity index (χ2n) is 4.60. The quantitative estimate of drug-likeness (QED) is 0.377. The second kappa shape index (κ2) is 6.64. The fraction of sp³-hybridized carbons (Fsp3) is 0.778. The molecule has 0 N–H and O–H groups in total. The molecule has 0 aliphatic carbocycles. The maximum atomic E-state index is 9.87. The van der Waals surface area contributed by atoms with E-state index < -0.39 is 15.8 Å². The SMILES string of the molecule is C=CCO[P+](N(C)C)(N(C)C)N(C)C.F[P-](F)(F)(F)(F)F. The second-order valence-corrected chi connectivity index (χ2v) is 10.2. The summed E-state index contributed by atoms with van der Waals surface area (Å²) in [4.78, 5) is 0. The summed E-state index contributed by atoms with van der Waals surface area (Å²) in [6.45, 7) is 4.25. The van der Waals surface area contributed by atoms with Crippen LogP contribution in [0.3, 0.4) is 0 Å². The van der Waals surface area contributed by atoms with E-state index in [0.717, 1.165) is 0 Å². The van der Waals surface area contributed by atoms with Crippen molar-refractivity contribution in [2.45, 2.75) is 0 Å². The molecule has 0 saturated carbocycles. The van der Waals surface area contributed by atoms with Crippen molar-refractivity contribution in [3.05, 3.63) is 12.7 Å². The van der Waals surface area contributed by atoms with Crippen molar-refractivity contribution >= 4 is 15.8 Å². The molecule has 0 rings (SSSR count). The molecule has 0 aromatic heterocycles. The fourth-order valence-electron chi connectivity index (χ4n) is 1.57. The number of hydrogen-bond acceptors (Lipinski definition) is 4. The molecule has 0 unspecified atom stereocenters. The molecular weight excluding hydrogens is 342 g/mol. The van der Waals surface area contributed by atoms with Gasteiger partial charge in [-0.25, -0.2) is 0 Å². The Hall–Kier alpha value is 0.0200. The molecule has 21 heavy (non-hydrogen) atoms. The van der Waals surface area contributed by atoms with Crippen molar-refractivity contribution in [2.75, 3.05) is 48.9 Å². The average Bonchev–Trinajstić information content (AvgIpc) is 2.11. The van der Waals surface area contributed by atoms with Crippen LogP contribution in [-0.2, 0) is 4.52 Å². The fourth-order valence-corrected chi connectivity index (χ4v) is 4.72. The average molecular weight is 365 g/mol. The molecule has 0 aromatic rings. The number of rotatable bonds is 6. The molecule has 0 aliphatic rings. The van der Waals surface area contributed by atoms with Gasteiger partial charge in [0.05, 0.1) is 0 Å². The van der Waals surface area contributed by atoms with Gasteiger partial charge in [0.25, 0.3) is 0 Å². The number of hydrogen-bond donors (Lipinski definition) is 0. The van der Waals surface area contributed by atoms with Crippen LogP contribution in [0.25, 0.3) is 0 Å². The molecular formula is C9H23F6N3OP2. The predicted octanol–water partition coefficient (Wildman–Crippen LogP) is 4.93. The van der Waals surface area contributed by atoms with Crippen LogP contribution < -0.4 is 0 Å². The van der Waals surface area contributed by atoms with Crippen molar-refractivity contribution in [2.24, 2.45) is 0 Å². The van der Waals surface area contributed by atoms with Gasteiger partial charge in [-0.1, -0.05) is 6.08 Å². The first-order chi connectivity index (χ1) is 8.84. The van der Waals surface area contributed by atoms with Gasteiger partial charge in [0.15, 0.2) is 0 Å². The van der Waals surface area contributed by atoms with Crippen molar-refractivity contribution in [1.82, 2.24) is 14.0 Å². The molecule has 132 valence electrons. The van der Waals surface area contributed by atoms with Gasteiger partial charge in [-0.15, -0.1) is 20.6 Å². The standard InChI is InChI=1S/C9H23N3OP.F6P/c1-8-9-13-14(10(2)3,11(4)5)12(6)7;1-7(2,3,4,5)6/h8H,1,9H2,2-7H3;/q+1;-1. The Morgan fingerprint density at radius 3 is 1.24 bits per heavy atom. The Morgan fingerprint density at radius 2 is 1.10 bits per heavy atom. The summed E-state index contributed by atoms with van der Waals surface area (Å²) in [5.41, 5.74) is 0. The van der Waals surface area contributed by atoms with E-state index in [2.05, 4.69) is 20.6 Å². The van der Waals surface area contributed by atoms with Crippen molar-refractivity contribution in [3.8, 4) is 0 Å². The van der Waals surface area contributed by atoms with Gasteiger partial charge >= 0.3 is 40.9 Å². The van der Waals surface area contributed by atoms with Gasteiger partial charge in [0.1, 0.15) is 6.61 Å².